The standard InChI is InChI=1S/C17H16N2O/c1-13-6-8-15(9-7-13)19-17(11-18)12-20-10-14-4-2-3-5-16(14)17/h2-9,19H,10,12H2,1H3. The van der Waals surface area contributed by atoms with Crippen LogP contribution in [0.5, 0.6) is 0 Å². The van der Waals surface area contributed by atoms with Crippen molar-refractivity contribution in [3.05, 3.63) is 65.2 Å². The van der Waals surface area contributed by atoms with Crippen LogP contribution in [0.4, 0.5) is 5.69 Å². The topological polar surface area (TPSA) is 45.0 Å². The third-order valence-electron chi connectivity index (χ3n) is 3.65. The van der Waals surface area contributed by atoms with Crippen LogP contribution in [-0.4, -0.2) is 6.61 Å². The predicted molar refractivity (Wildman–Crippen MR) is 78.2 cm³/mol. The fourth-order valence-corrected chi connectivity index (χ4v) is 2.56. The minimum Gasteiger partial charge on any atom is -0.373 e. The molecule has 1 unspecified atom stereocenters. The first kappa shape index (κ1) is 12.7. The largest absolute Gasteiger partial charge is 0.373 e. The lowest BCUT2D eigenvalue weighted by atomic mass is 9.86. The Morgan fingerprint density at radius 1 is 1.15 bits per heavy atom. The van der Waals surface area contributed by atoms with Gasteiger partial charge in [-0.15, -0.1) is 0 Å². The zero-order valence-electron chi connectivity index (χ0n) is 11.4. The molecule has 3 rings (SSSR count). The molecule has 0 radical (unpaired) electrons. The van der Waals surface area contributed by atoms with Crippen molar-refractivity contribution in [1.29, 1.82) is 5.26 Å². The molecule has 0 saturated heterocycles. The maximum Gasteiger partial charge on any atom is 0.174 e. The highest BCUT2D eigenvalue weighted by molar-refractivity contribution is 5.54. The summed E-state index contributed by atoms with van der Waals surface area (Å²) in [5.74, 6) is 0. The molecule has 0 saturated carbocycles. The molecular formula is C17H16N2O. The molecule has 2 aromatic rings. The monoisotopic (exact) mass is 264 g/mol. The molecular weight excluding hydrogens is 248 g/mol. The molecule has 1 atom stereocenters. The average Bonchev–Trinajstić information content (AvgIpc) is 2.50. The average molecular weight is 264 g/mol. The summed E-state index contributed by atoms with van der Waals surface area (Å²) < 4.78 is 5.61. The van der Waals surface area contributed by atoms with Crippen LogP contribution in [0.1, 0.15) is 16.7 Å². The fourth-order valence-electron chi connectivity index (χ4n) is 2.56. The van der Waals surface area contributed by atoms with Crippen LogP contribution >= 0.6 is 0 Å². The van der Waals surface area contributed by atoms with Gasteiger partial charge in [0.2, 0.25) is 0 Å². The SMILES string of the molecule is Cc1ccc(NC2(C#N)COCc3ccccc32)cc1. The van der Waals surface area contributed by atoms with Gasteiger partial charge in [-0.05, 0) is 30.2 Å². The number of nitrogens with one attached hydrogen (secondary N) is 1. The maximum absolute atomic E-state index is 9.71. The molecule has 3 heteroatoms. The molecule has 100 valence electrons. The van der Waals surface area contributed by atoms with Gasteiger partial charge in [0.1, 0.15) is 0 Å². The highest BCUT2D eigenvalue weighted by Crippen LogP contribution is 2.33. The lowest BCUT2D eigenvalue weighted by Gasteiger charge is -2.34. The van der Waals surface area contributed by atoms with Crippen LogP contribution in [0.3, 0.4) is 0 Å². The van der Waals surface area contributed by atoms with E-state index >= 15 is 0 Å². The van der Waals surface area contributed by atoms with Crippen molar-refractivity contribution in [2.24, 2.45) is 0 Å². The second-order valence-electron chi connectivity index (χ2n) is 5.16. The number of anilines is 1. The second kappa shape index (κ2) is 4.99. The van der Waals surface area contributed by atoms with Crippen LogP contribution in [-0.2, 0) is 16.9 Å². The Balaban J connectivity index is 2.01. The normalized spacial score (nSPS) is 20.8. The van der Waals surface area contributed by atoms with Gasteiger partial charge in [-0.2, -0.15) is 5.26 Å². The molecule has 1 N–H and O–H groups in total. The van der Waals surface area contributed by atoms with Gasteiger partial charge in [0.05, 0.1) is 19.3 Å². The smallest absolute Gasteiger partial charge is 0.174 e. The third kappa shape index (κ3) is 2.15. The molecule has 0 bridgehead atoms. The molecule has 0 fully saturated rings. The highest BCUT2D eigenvalue weighted by atomic mass is 16.5. The number of hydrogen-bond donors (Lipinski definition) is 1. The van der Waals surface area contributed by atoms with Crippen LogP contribution in [0, 0.1) is 18.3 Å². The van der Waals surface area contributed by atoms with E-state index in [2.05, 4.69) is 11.4 Å². The van der Waals surface area contributed by atoms with E-state index < -0.39 is 5.54 Å². The summed E-state index contributed by atoms with van der Waals surface area (Å²) in [6, 6.07) is 18.4. The molecule has 0 aliphatic carbocycles. The number of aryl methyl sites for hydroxylation is 1. The summed E-state index contributed by atoms with van der Waals surface area (Å²) in [5.41, 5.74) is 3.39. The van der Waals surface area contributed by atoms with Crippen molar-refractivity contribution < 1.29 is 4.74 Å². The number of hydrogen-bond acceptors (Lipinski definition) is 3. The van der Waals surface area contributed by atoms with E-state index in [-0.39, 0.29) is 0 Å². The summed E-state index contributed by atoms with van der Waals surface area (Å²) >= 11 is 0. The Labute approximate surface area is 118 Å². The van der Waals surface area contributed by atoms with Crippen molar-refractivity contribution in [2.75, 3.05) is 11.9 Å². The highest BCUT2D eigenvalue weighted by Gasteiger charge is 2.37. The molecule has 3 nitrogen and oxygen atoms in total. The van der Waals surface area contributed by atoms with Gasteiger partial charge in [0, 0.05) is 5.69 Å². The van der Waals surface area contributed by atoms with Crippen LogP contribution in [0.15, 0.2) is 48.5 Å². The zero-order chi connectivity index (χ0) is 14.0. The van der Waals surface area contributed by atoms with E-state index in [1.165, 1.54) is 5.56 Å². The maximum atomic E-state index is 9.71. The first-order valence-electron chi connectivity index (χ1n) is 6.66. The third-order valence-corrected chi connectivity index (χ3v) is 3.65. The van der Waals surface area contributed by atoms with Crippen molar-refractivity contribution in [1.82, 2.24) is 0 Å². The summed E-state index contributed by atoms with van der Waals surface area (Å²) in [7, 11) is 0. The lowest BCUT2D eigenvalue weighted by Crippen LogP contribution is -2.42. The zero-order valence-corrected chi connectivity index (χ0v) is 11.4. The lowest BCUT2D eigenvalue weighted by molar-refractivity contribution is 0.0786. The van der Waals surface area contributed by atoms with Gasteiger partial charge in [0.25, 0.3) is 0 Å². The number of nitriles is 1. The molecule has 0 amide bonds. The minimum absolute atomic E-state index is 0.356. The molecule has 0 aromatic heterocycles. The van der Waals surface area contributed by atoms with Crippen molar-refractivity contribution in [2.45, 2.75) is 19.1 Å². The summed E-state index contributed by atoms with van der Waals surface area (Å²) in [6.07, 6.45) is 0. The molecule has 0 spiro atoms. The quantitative estimate of drug-likeness (QED) is 0.904. The van der Waals surface area contributed by atoms with E-state index in [0.717, 1.165) is 16.8 Å². The molecule has 1 heterocycles. The van der Waals surface area contributed by atoms with Crippen LogP contribution in [0.25, 0.3) is 0 Å². The first-order valence-corrected chi connectivity index (χ1v) is 6.66. The number of fused-ring (bicyclic) bond motifs is 1. The van der Waals surface area contributed by atoms with Crippen molar-refractivity contribution >= 4 is 5.69 Å². The number of benzene rings is 2. The van der Waals surface area contributed by atoms with E-state index in [1.807, 2.05) is 55.5 Å². The molecule has 1 aliphatic heterocycles. The minimum atomic E-state index is -0.815. The predicted octanol–water partition coefficient (Wildman–Crippen LogP) is 3.36. The van der Waals surface area contributed by atoms with Gasteiger partial charge >= 0.3 is 0 Å². The Kier molecular flexibility index (Phi) is 3.17. The van der Waals surface area contributed by atoms with Gasteiger partial charge < -0.3 is 10.1 Å². The Morgan fingerprint density at radius 2 is 1.90 bits per heavy atom. The first-order chi connectivity index (χ1) is 9.73. The molecule has 1 aliphatic rings. The van der Waals surface area contributed by atoms with Crippen LogP contribution in [0.2, 0.25) is 0 Å². The number of nitrogens with zero attached hydrogens (tertiary/aromatic N) is 1. The van der Waals surface area contributed by atoms with Gasteiger partial charge in [-0.1, -0.05) is 42.0 Å². The van der Waals surface area contributed by atoms with E-state index in [4.69, 9.17) is 4.74 Å². The van der Waals surface area contributed by atoms with Crippen molar-refractivity contribution in [3.8, 4) is 6.07 Å². The van der Waals surface area contributed by atoms with E-state index in [0.29, 0.717) is 13.2 Å². The molecule has 2 aromatic carbocycles. The Hall–Kier alpha value is -2.31. The number of rotatable bonds is 2. The molecule has 20 heavy (non-hydrogen) atoms. The summed E-state index contributed by atoms with van der Waals surface area (Å²) in [6.45, 7) is 2.96. The summed E-state index contributed by atoms with van der Waals surface area (Å²) in [5, 5.41) is 13.1. The van der Waals surface area contributed by atoms with E-state index in [1.54, 1.807) is 0 Å². The van der Waals surface area contributed by atoms with E-state index in [9.17, 15) is 5.26 Å². The van der Waals surface area contributed by atoms with Crippen molar-refractivity contribution in [3.63, 3.8) is 0 Å². The second-order valence-corrected chi connectivity index (χ2v) is 5.16. The Bertz CT molecular complexity index is 657. The van der Waals surface area contributed by atoms with Gasteiger partial charge in [-0.3, -0.25) is 0 Å². The van der Waals surface area contributed by atoms with Gasteiger partial charge in [-0.25, -0.2) is 0 Å². The van der Waals surface area contributed by atoms with Gasteiger partial charge in [0.15, 0.2) is 5.54 Å². The summed E-state index contributed by atoms with van der Waals surface area (Å²) in [4.78, 5) is 0. The Morgan fingerprint density at radius 3 is 2.65 bits per heavy atom. The fraction of sp³-hybridized carbons (Fsp3) is 0.235. The number of ether oxygens (including phenoxy) is 1. The van der Waals surface area contributed by atoms with Crippen LogP contribution < -0.4 is 5.32 Å².